The zero-order chi connectivity index (χ0) is 28.9. The molecule has 1 aliphatic carbocycles. The topological polar surface area (TPSA) is 140 Å². The number of hydrogen-bond acceptors (Lipinski definition) is 9. The van der Waals surface area contributed by atoms with Gasteiger partial charge in [0.2, 0.25) is 0 Å². The summed E-state index contributed by atoms with van der Waals surface area (Å²) in [6, 6.07) is 1.97. The Morgan fingerprint density at radius 1 is 1.27 bits per heavy atom. The van der Waals surface area contributed by atoms with Crippen LogP contribution in [0.2, 0.25) is 5.02 Å². The number of likely N-dealkylation sites (tertiary alicyclic amines) is 1. The maximum absolute atomic E-state index is 11.3. The van der Waals surface area contributed by atoms with Crippen molar-refractivity contribution in [3.8, 4) is 11.3 Å². The fourth-order valence-electron chi connectivity index (χ4n) is 5.90. The fourth-order valence-corrected chi connectivity index (χ4v) is 6.07. The molecule has 3 N–H and O–H groups in total. The van der Waals surface area contributed by atoms with Gasteiger partial charge >= 0.3 is 6.09 Å². The summed E-state index contributed by atoms with van der Waals surface area (Å²) in [5.41, 5.74) is 1.42. The average Bonchev–Trinajstić information content (AvgIpc) is 3.41. The maximum atomic E-state index is 11.3. The second-order valence-corrected chi connectivity index (χ2v) is 11.5. The number of amidine groups is 1. The molecule has 12 heteroatoms. The molecule has 1 amide bonds. The summed E-state index contributed by atoms with van der Waals surface area (Å²) in [5.74, 6) is 0.190. The number of aromatic nitrogens is 3. The van der Waals surface area contributed by atoms with E-state index in [1.807, 2.05) is 5.32 Å². The van der Waals surface area contributed by atoms with Gasteiger partial charge in [0.05, 0.1) is 17.3 Å². The molecule has 1 aliphatic heterocycles. The minimum Gasteiger partial charge on any atom is -0.465 e. The van der Waals surface area contributed by atoms with E-state index < -0.39 is 11.9 Å². The summed E-state index contributed by atoms with van der Waals surface area (Å²) in [6.07, 6.45) is 9.84. The summed E-state index contributed by atoms with van der Waals surface area (Å²) >= 11 is 6.34. The number of ether oxygens (including phenoxy) is 1. The van der Waals surface area contributed by atoms with Crippen LogP contribution in [-0.4, -0.2) is 82.1 Å². The fraction of sp³-hybridized carbons (Fsp3) is 0.571. The lowest BCUT2D eigenvalue weighted by atomic mass is 9.88. The first-order valence-electron chi connectivity index (χ1n) is 13.8. The Morgan fingerprint density at radius 2 is 2.02 bits per heavy atom. The van der Waals surface area contributed by atoms with Gasteiger partial charge in [0, 0.05) is 44.2 Å². The number of methoxy groups -OCH3 is 1. The third-order valence-electron chi connectivity index (χ3n) is 8.01. The molecule has 0 radical (unpaired) electrons. The van der Waals surface area contributed by atoms with E-state index in [0.29, 0.717) is 34.6 Å². The zero-order valence-electron chi connectivity index (χ0n) is 23.5. The van der Waals surface area contributed by atoms with Crippen molar-refractivity contribution >= 4 is 41.8 Å². The highest BCUT2D eigenvalue weighted by Crippen LogP contribution is 2.40. The molecule has 2 aromatic rings. The van der Waals surface area contributed by atoms with Gasteiger partial charge in [-0.05, 0) is 58.2 Å². The number of carboxylic acid groups (broad SMARTS) is 1. The van der Waals surface area contributed by atoms with Crippen LogP contribution in [0, 0.1) is 11.3 Å². The summed E-state index contributed by atoms with van der Waals surface area (Å²) < 4.78 is 5.90. The van der Waals surface area contributed by atoms with Crippen molar-refractivity contribution in [1.29, 1.82) is 5.41 Å². The molecule has 4 rings (SSSR count). The normalized spacial score (nSPS) is 18.4. The number of rotatable bonds is 10. The monoisotopic (exact) mass is 570 g/mol. The molecule has 0 bridgehead atoms. The van der Waals surface area contributed by atoms with Crippen molar-refractivity contribution in [3.63, 3.8) is 0 Å². The van der Waals surface area contributed by atoms with Crippen molar-refractivity contribution in [2.45, 2.75) is 70.4 Å². The van der Waals surface area contributed by atoms with Crippen molar-refractivity contribution in [3.05, 3.63) is 29.3 Å². The van der Waals surface area contributed by atoms with Crippen LogP contribution >= 0.6 is 11.6 Å². The van der Waals surface area contributed by atoms with E-state index in [-0.39, 0.29) is 23.3 Å². The first-order valence-corrected chi connectivity index (χ1v) is 14.1. The molecule has 2 aliphatic rings. The molecule has 1 unspecified atom stereocenters. The summed E-state index contributed by atoms with van der Waals surface area (Å²) in [6.45, 7) is 10.3. The van der Waals surface area contributed by atoms with E-state index >= 15 is 0 Å². The Bertz CT molecular complexity index is 1230. The lowest BCUT2D eigenvalue weighted by Gasteiger charge is -2.41. The standard InChI is InChI=1S/C28H39ClN8O3/c1-28(2,40-4)21-11-8-12-36(21)17-37(16-18-9-6-5-7-10-18)23-22(19-13-20(29)15-32-14-19)33-26(35-25(23)31-3)24(30)34-27(38)39/h13-15,18,21H,3,5-12,16-17H2,1-2,4H3,(H2,30,34)(H,38,39). The molecule has 2 fully saturated rings. The number of carbonyl (C=O) groups is 1. The van der Waals surface area contributed by atoms with E-state index in [1.165, 1.54) is 25.5 Å². The molecule has 2 aromatic heterocycles. The summed E-state index contributed by atoms with van der Waals surface area (Å²) in [7, 11) is 1.76. The molecule has 3 heterocycles. The predicted octanol–water partition coefficient (Wildman–Crippen LogP) is 5.35. The molecule has 0 spiro atoms. The van der Waals surface area contributed by atoms with E-state index in [0.717, 1.165) is 38.8 Å². The van der Waals surface area contributed by atoms with Crippen LogP contribution < -0.4 is 10.2 Å². The Morgan fingerprint density at radius 3 is 2.67 bits per heavy atom. The molecular weight excluding hydrogens is 532 g/mol. The van der Waals surface area contributed by atoms with Crippen LogP contribution in [0.3, 0.4) is 0 Å². The van der Waals surface area contributed by atoms with Crippen molar-refractivity contribution in [1.82, 2.24) is 25.2 Å². The number of halogens is 1. The molecule has 216 valence electrons. The Balaban J connectivity index is 1.85. The van der Waals surface area contributed by atoms with Crippen LogP contribution in [0.4, 0.5) is 16.3 Å². The largest absolute Gasteiger partial charge is 0.465 e. The van der Waals surface area contributed by atoms with Crippen LogP contribution in [0.5, 0.6) is 0 Å². The van der Waals surface area contributed by atoms with Gasteiger partial charge in [-0.25, -0.2) is 19.8 Å². The van der Waals surface area contributed by atoms with Crippen LogP contribution in [0.25, 0.3) is 11.3 Å². The maximum Gasteiger partial charge on any atom is 0.410 e. The van der Waals surface area contributed by atoms with Gasteiger partial charge in [0.25, 0.3) is 0 Å². The van der Waals surface area contributed by atoms with E-state index in [9.17, 15) is 9.90 Å². The number of nitrogens with one attached hydrogen (secondary N) is 2. The third kappa shape index (κ3) is 6.94. The number of nitrogens with zero attached hydrogens (tertiary/aromatic N) is 6. The lowest BCUT2D eigenvalue weighted by Crippen LogP contribution is -2.51. The van der Waals surface area contributed by atoms with Gasteiger partial charge in [-0.1, -0.05) is 30.9 Å². The molecular formula is C28H39ClN8O3. The highest BCUT2D eigenvalue weighted by atomic mass is 35.5. The van der Waals surface area contributed by atoms with Gasteiger partial charge in [-0.3, -0.25) is 20.6 Å². The summed E-state index contributed by atoms with van der Waals surface area (Å²) in [4.78, 5) is 33.7. The van der Waals surface area contributed by atoms with E-state index in [4.69, 9.17) is 21.7 Å². The van der Waals surface area contributed by atoms with Gasteiger partial charge in [-0.15, -0.1) is 0 Å². The minimum atomic E-state index is -1.38. The Hall–Kier alpha value is -3.15. The molecule has 1 atom stereocenters. The second-order valence-electron chi connectivity index (χ2n) is 11.1. The Kier molecular flexibility index (Phi) is 9.70. The average molecular weight is 571 g/mol. The molecule has 40 heavy (non-hydrogen) atoms. The molecule has 1 saturated carbocycles. The zero-order valence-corrected chi connectivity index (χ0v) is 24.2. The van der Waals surface area contributed by atoms with Crippen molar-refractivity contribution in [2.24, 2.45) is 10.9 Å². The number of anilines is 1. The first kappa shape index (κ1) is 29.8. The number of amides is 1. The smallest absolute Gasteiger partial charge is 0.410 e. The van der Waals surface area contributed by atoms with E-state index in [2.05, 4.69) is 50.3 Å². The van der Waals surface area contributed by atoms with Crippen LogP contribution in [0.15, 0.2) is 23.5 Å². The van der Waals surface area contributed by atoms with Crippen LogP contribution in [0.1, 0.15) is 64.6 Å². The minimum absolute atomic E-state index is 0.110. The summed E-state index contributed by atoms with van der Waals surface area (Å²) in [5, 5.41) is 19.9. The number of aliphatic imine (C=N–C) groups is 1. The van der Waals surface area contributed by atoms with Crippen molar-refractivity contribution in [2.75, 3.05) is 31.8 Å². The Labute approximate surface area is 240 Å². The van der Waals surface area contributed by atoms with Gasteiger partial charge in [0.15, 0.2) is 17.5 Å². The van der Waals surface area contributed by atoms with Crippen molar-refractivity contribution < 1.29 is 14.6 Å². The van der Waals surface area contributed by atoms with E-state index in [1.54, 1.807) is 19.4 Å². The highest BCUT2D eigenvalue weighted by molar-refractivity contribution is 6.30. The third-order valence-corrected chi connectivity index (χ3v) is 8.22. The SMILES string of the molecule is C=Nc1nc(C(=N)NC(=O)O)nc(-c2cncc(Cl)c2)c1N(CC1CCCCC1)CN1CCCC1C(C)(C)OC. The lowest BCUT2D eigenvalue weighted by molar-refractivity contribution is -0.0400. The molecule has 11 nitrogen and oxygen atoms in total. The van der Waals surface area contributed by atoms with Gasteiger partial charge < -0.3 is 14.7 Å². The predicted molar refractivity (Wildman–Crippen MR) is 157 cm³/mol. The quantitative estimate of drug-likeness (QED) is 0.256. The van der Waals surface area contributed by atoms with Gasteiger partial charge in [-0.2, -0.15) is 0 Å². The first-order chi connectivity index (χ1) is 19.1. The number of hydrogen-bond donors (Lipinski definition) is 3. The molecule has 1 saturated heterocycles. The van der Waals surface area contributed by atoms with Gasteiger partial charge in [0.1, 0.15) is 11.4 Å². The molecule has 0 aromatic carbocycles. The number of pyridine rings is 1. The highest BCUT2D eigenvalue weighted by Gasteiger charge is 2.39. The van der Waals surface area contributed by atoms with Crippen LogP contribution in [-0.2, 0) is 4.74 Å². The second kappa shape index (κ2) is 13.0.